The van der Waals surface area contributed by atoms with E-state index in [0.29, 0.717) is 19.1 Å². The van der Waals surface area contributed by atoms with Crippen molar-refractivity contribution < 1.29 is 9.47 Å². The smallest absolute Gasteiger partial charge is 0.158 e. The molecule has 1 aliphatic heterocycles. The van der Waals surface area contributed by atoms with Crippen LogP contribution in [-0.4, -0.2) is 25.5 Å². The Bertz CT molecular complexity index is 128. The SMILES string of the molecule is CC(C)CC1OCC(CCN)O1. The van der Waals surface area contributed by atoms with Crippen LogP contribution >= 0.6 is 0 Å². The standard InChI is InChI=1S/C9H19NO2/c1-7(2)5-9-11-6-8(12-9)3-4-10/h7-9H,3-6,10H2,1-2H3. The lowest BCUT2D eigenvalue weighted by atomic mass is 10.1. The zero-order valence-electron chi connectivity index (χ0n) is 7.95. The minimum atomic E-state index is 0.0153. The van der Waals surface area contributed by atoms with Gasteiger partial charge in [0.2, 0.25) is 0 Å². The maximum Gasteiger partial charge on any atom is 0.158 e. The predicted octanol–water partition coefficient (Wildman–Crippen LogP) is 1.12. The lowest BCUT2D eigenvalue weighted by Gasteiger charge is -2.12. The van der Waals surface area contributed by atoms with E-state index in [1.807, 2.05) is 0 Å². The summed E-state index contributed by atoms with van der Waals surface area (Å²) in [4.78, 5) is 0. The summed E-state index contributed by atoms with van der Waals surface area (Å²) in [5, 5.41) is 0. The molecule has 1 aliphatic rings. The van der Waals surface area contributed by atoms with Gasteiger partial charge in [-0.05, 0) is 18.9 Å². The number of rotatable bonds is 4. The van der Waals surface area contributed by atoms with Crippen molar-refractivity contribution in [1.29, 1.82) is 0 Å². The molecule has 1 heterocycles. The van der Waals surface area contributed by atoms with Gasteiger partial charge in [0, 0.05) is 6.42 Å². The molecule has 0 spiro atoms. The van der Waals surface area contributed by atoms with Crippen molar-refractivity contribution in [2.24, 2.45) is 11.7 Å². The third-order valence-corrected chi connectivity index (χ3v) is 1.96. The van der Waals surface area contributed by atoms with Gasteiger partial charge in [-0.3, -0.25) is 0 Å². The molecule has 3 heteroatoms. The molecule has 0 amide bonds. The van der Waals surface area contributed by atoms with Gasteiger partial charge in [-0.15, -0.1) is 0 Å². The molecule has 1 saturated heterocycles. The van der Waals surface area contributed by atoms with E-state index < -0.39 is 0 Å². The van der Waals surface area contributed by atoms with Crippen LogP contribution in [0.4, 0.5) is 0 Å². The van der Waals surface area contributed by atoms with Crippen molar-refractivity contribution >= 4 is 0 Å². The highest BCUT2D eigenvalue weighted by atomic mass is 16.7. The Labute approximate surface area is 74.2 Å². The van der Waals surface area contributed by atoms with E-state index in [0.717, 1.165) is 12.8 Å². The van der Waals surface area contributed by atoms with Crippen LogP contribution in [0.25, 0.3) is 0 Å². The van der Waals surface area contributed by atoms with E-state index in [1.54, 1.807) is 0 Å². The van der Waals surface area contributed by atoms with Crippen LogP contribution in [0.5, 0.6) is 0 Å². The molecule has 1 fully saturated rings. The Hall–Kier alpha value is -0.120. The first-order chi connectivity index (χ1) is 5.72. The summed E-state index contributed by atoms with van der Waals surface area (Å²) in [6.07, 6.45) is 2.15. The third kappa shape index (κ3) is 3.09. The fourth-order valence-corrected chi connectivity index (χ4v) is 1.35. The largest absolute Gasteiger partial charge is 0.350 e. The quantitative estimate of drug-likeness (QED) is 0.693. The summed E-state index contributed by atoms with van der Waals surface area (Å²) in [6, 6.07) is 0. The van der Waals surface area contributed by atoms with E-state index >= 15 is 0 Å². The van der Waals surface area contributed by atoms with Gasteiger partial charge in [0.1, 0.15) is 0 Å². The van der Waals surface area contributed by atoms with E-state index in [-0.39, 0.29) is 12.4 Å². The van der Waals surface area contributed by atoms with Gasteiger partial charge in [-0.25, -0.2) is 0 Å². The molecule has 0 saturated carbocycles. The minimum Gasteiger partial charge on any atom is -0.350 e. The Kier molecular flexibility index (Phi) is 3.98. The minimum absolute atomic E-state index is 0.0153. The lowest BCUT2D eigenvalue weighted by molar-refractivity contribution is -0.0693. The van der Waals surface area contributed by atoms with Gasteiger partial charge in [-0.1, -0.05) is 13.8 Å². The zero-order chi connectivity index (χ0) is 8.97. The van der Waals surface area contributed by atoms with Crippen molar-refractivity contribution in [2.45, 2.75) is 39.1 Å². The van der Waals surface area contributed by atoms with Crippen molar-refractivity contribution in [2.75, 3.05) is 13.2 Å². The molecule has 0 aromatic carbocycles. The molecule has 2 unspecified atom stereocenters. The molecule has 3 nitrogen and oxygen atoms in total. The normalized spacial score (nSPS) is 30.0. The molecule has 2 atom stereocenters. The van der Waals surface area contributed by atoms with Crippen molar-refractivity contribution in [3.63, 3.8) is 0 Å². The van der Waals surface area contributed by atoms with Crippen molar-refractivity contribution in [3.05, 3.63) is 0 Å². The van der Waals surface area contributed by atoms with Gasteiger partial charge in [0.25, 0.3) is 0 Å². The van der Waals surface area contributed by atoms with Crippen LogP contribution in [0, 0.1) is 5.92 Å². The maximum atomic E-state index is 5.61. The maximum absolute atomic E-state index is 5.61. The highest BCUT2D eigenvalue weighted by Crippen LogP contribution is 2.19. The van der Waals surface area contributed by atoms with Crippen LogP contribution in [0.3, 0.4) is 0 Å². The van der Waals surface area contributed by atoms with Crippen molar-refractivity contribution in [3.8, 4) is 0 Å². The predicted molar refractivity (Wildman–Crippen MR) is 47.7 cm³/mol. The Morgan fingerprint density at radius 2 is 2.25 bits per heavy atom. The van der Waals surface area contributed by atoms with Gasteiger partial charge in [0.05, 0.1) is 12.7 Å². The molecule has 0 aliphatic carbocycles. The summed E-state index contributed by atoms with van der Waals surface area (Å²) in [5.41, 5.74) is 5.42. The van der Waals surface area contributed by atoms with E-state index in [4.69, 9.17) is 15.2 Å². The number of nitrogens with two attached hydrogens (primary N) is 1. The molecule has 0 bridgehead atoms. The molecule has 2 N–H and O–H groups in total. The molecule has 0 aromatic heterocycles. The second kappa shape index (κ2) is 4.80. The molecule has 72 valence electrons. The van der Waals surface area contributed by atoms with Crippen LogP contribution < -0.4 is 5.73 Å². The first-order valence-corrected chi connectivity index (χ1v) is 4.69. The second-order valence-electron chi connectivity index (χ2n) is 3.73. The fourth-order valence-electron chi connectivity index (χ4n) is 1.35. The van der Waals surface area contributed by atoms with Crippen LogP contribution in [0.1, 0.15) is 26.7 Å². The Morgan fingerprint density at radius 3 is 2.83 bits per heavy atom. The van der Waals surface area contributed by atoms with Crippen molar-refractivity contribution in [1.82, 2.24) is 0 Å². The number of hydrogen-bond donors (Lipinski definition) is 1. The highest BCUT2D eigenvalue weighted by Gasteiger charge is 2.25. The molecule has 0 aromatic rings. The summed E-state index contributed by atoms with van der Waals surface area (Å²) in [6.45, 7) is 5.74. The van der Waals surface area contributed by atoms with Gasteiger partial charge >= 0.3 is 0 Å². The zero-order valence-corrected chi connectivity index (χ0v) is 7.95. The Morgan fingerprint density at radius 1 is 1.50 bits per heavy atom. The summed E-state index contributed by atoms with van der Waals surface area (Å²) < 4.78 is 11.1. The van der Waals surface area contributed by atoms with Gasteiger partial charge < -0.3 is 15.2 Å². The number of hydrogen-bond acceptors (Lipinski definition) is 3. The topological polar surface area (TPSA) is 44.5 Å². The molecular formula is C9H19NO2. The second-order valence-corrected chi connectivity index (χ2v) is 3.73. The fraction of sp³-hybridized carbons (Fsp3) is 1.00. The summed E-state index contributed by atoms with van der Waals surface area (Å²) in [5.74, 6) is 0.631. The molecule has 1 rings (SSSR count). The van der Waals surface area contributed by atoms with E-state index in [9.17, 15) is 0 Å². The Balaban J connectivity index is 2.16. The number of ether oxygens (including phenoxy) is 2. The summed E-state index contributed by atoms with van der Waals surface area (Å²) in [7, 11) is 0. The lowest BCUT2D eigenvalue weighted by Crippen LogP contribution is -2.17. The van der Waals surface area contributed by atoms with Gasteiger partial charge in [-0.2, -0.15) is 0 Å². The third-order valence-electron chi connectivity index (χ3n) is 1.96. The van der Waals surface area contributed by atoms with Crippen LogP contribution in [0.2, 0.25) is 0 Å². The molecule has 0 radical (unpaired) electrons. The van der Waals surface area contributed by atoms with Crippen LogP contribution in [0.15, 0.2) is 0 Å². The average Bonchev–Trinajstić information content (AvgIpc) is 2.36. The van der Waals surface area contributed by atoms with Gasteiger partial charge in [0.15, 0.2) is 6.29 Å². The molecule has 12 heavy (non-hydrogen) atoms. The van der Waals surface area contributed by atoms with E-state index in [2.05, 4.69) is 13.8 Å². The van der Waals surface area contributed by atoms with E-state index in [1.165, 1.54) is 0 Å². The first-order valence-electron chi connectivity index (χ1n) is 4.69. The highest BCUT2D eigenvalue weighted by molar-refractivity contribution is 4.66. The first kappa shape index (κ1) is 9.96. The average molecular weight is 173 g/mol. The summed E-state index contributed by atoms with van der Waals surface area (Å²) >= 11 is 0. The van der Waals surface area contributed by atoms with Crippen LogP contribution in [-0.2, 0) is 9.47 Å². The monoisotopic (exact) mass is 173 g/mol. The molecular weight excluding hydrogens is 154 g/mol.